The van der Waals surface area contributed by atoms with E-state index in [1.807, 2.05) is 11.3 Å². The van der Waals surface area contributed by atoms with Gasteiger partial charge in [0.25, 0.3) is 0 Å². The van der Waals surface area contributed by atoms with Crippen molar-refractivity contribution in [3.05, 3.63) is 245 Å². The molecule has 276 valence electrons. The zero-order valence-electron chi connectivity index (χ0n) is 32.5. The standard InChI is InChI=1S/C57H37NS/c1-56(47-24-10-5-18-39(47)40-19-6-11-25-48(40)56)36-30-32-45-46-23-15-29-53(55(46)59-54(45)34-36)58(37-16-3-2-4-17-37)38-31-33-44-43-22-9-14-28-51(43)57(52(44)35-38)49-26-12-7-20-41(49)42-21-8-13-27-50(42)57/h2-35H,1H3. The van der Waals surface area contributed by atoms with Gasteiger partial charge in [0.2, 0.25) is 0 Å². The number of nitrogens with zero attached hydrogens (tertiary/aromatic N) is 1. The highest BCUT2D eigenvalue weighted by atomic mass is 32.1. The molecule has 13 rings (SSSR count). The second kappa shape index (κ2) is 12.0. The summed E-state index contributed by atoms with van der Waals surface area (Å²) in [7, 11) is 0. The van der Waals surface area contributed by atoms with E-state index >= 15 is 0 Å². The quantitative estimate of drug-likeness (QED) is 0.172. The summed E-state index contributed by atoms with van der Waals surface area (Å²) < 4.78 is 2.60. The molecule has 0 N–H and O–H groups in total. The molecular weight excluding hydrogens is 731 g/mol. The van der Waals surface area contributed by atoms with Crippen molar-refractivity contribution in [2.24, 2.45) is 0 Å². The highest BCUT2D eigenvalue weighted by Gasteiger charge is 2.51. The zero-order chi connectivity index (χ0) is 38.9. The Hall–Kier alpha value is -7.00. The SMILES string of the molecule is CC1(c2ccc3c(c2)sc2c(N(c4ccccc4)c4ccc5c(c4)C4(c6ccccc6-c6ccccc64)c4ccccc4-5)cccc23)c2ccccc2-c2ccccc21. The maximum absolute atomic E-state index is 2.50. The van der Waals surface area contributed by atoms with Gasteiger partial charge in [-0.3, -0.25) is 0 Å². The van der Waals surface area contributed by atoms with E-state index in [1.54, 1.807) is 0 Å². The largest absolute Gasteiger partial charge is 0.309 e. The molecule has 1 spiro atoms. The van der Waals surface area contributed by atoms with Crippen LogP contribution in [-0.2, 0) is 10.8 Å². The number of para-hydroxylation sites is 1. The van der Waals surface area contributed by atoms with Crippen LogP contribution in [-0.4, -0.2) is 0 Å². The molecule has 0 unspecified atom stereocenters. The van der Waals surface area contributed by atoms with Gasteiger partial charge >= 0.3 is 0 Å². The molecule has 59 heavy (non-hydrogen) atoms. The Morgan fingerprint density at radius 1 is 0.373 bits per heavy atom. The Morgan fingerprint density at radius 2 is 0.881 bits per heavy atom. The van der Waals surface area contributed by atoms with Crippen molar-refractivity contribution in [1.82, 2.24) is 0 Å². The minimum Gasteiger partial charge on any atom is -0.309 e. The van der Waals surface area contributed by atoms with Crippen molar-refractivity contribution in [3.8, 4) is 33.4 Å². The lowest BCUT2D eigenvalue weighted by atomic mass is 9.70. The lowest BCUT2D eigenvalue weighted by molar-refractivity contribution is 0.715. The van der Waals surface area contributed by atoms with Crippen LogP contribution in [0.5, 0.6) is 0 Å². The Balaban J connectivity index is 1.03. The molecule has 3 aliphatic rings. The average molecular weight is 768 g/mol. The number of rotatable bonds is 4. The predicted molar refractivity (Wildman–Crippen MR) is 248 cm³/mol. The van der Waals surface area contributed by atoms with Crippen LogP contribution >= 0.6 is 11.3 Å². The molecule has 0 bridgehead atoms. The molecule has 1 heterocycles. The van der Waals surface area contributed by atoms with E-state index in [0.717, 1.165) is 11.4 Å². The summed E-state index contributed by atoms with van der Waals surface area (Å²) in [4.78, 5) is 2.49. The van der Waals surface area contributed by atoms with Crippen molar-refractivity contribution < 1.29 is 0 Å². The molecule has 2 heteroatoms. The lowest BCUT2D eigenvalue weighted by Crippen LogP contribution is -2.26. The minimum absolute atomic E-state index is 0.244. The molecule has 0 fully saturated rings. The third-order valence-electron chi connectivity index (χ3n) is 13.8. The van der Waals surface area contributed by atoms with Gasteiger partial charge in [0.15, 0.2) is 0 Å². The average Bonchev–Trinajstić information content (AvgIpc) is 4.00. The first-order valence-electron chi connectivity index (χ1n) is 20.6. The first-order valence-corrected chi connectivity index (χ1v) is 21.4. The third-order valence-corrected chi connectivity index (χ3v) is 15.0. The Morgan fingerprint density at radius 3 is 1.47 bits per heavy atom. The number of benzene rings is 9. The van der Waals surface area contributed by atoms with Gasteiger partial charge in [0.1, 0.15) is 0 Å². The summed E-state index contributed by atoms with van der Waals surface area (Å²) in [5, 5.41) is 2.59. The minimum atomic E-state index is -0.412. The normalized spacial score (nSPS) is 14.5. The van der Waals surface area contributed by atoms with Crippen molar-refractivity contribution in [2.45, 2.75) is 17.8 Å². The summed E-state index contributed by atoms with van der Waals surface area (Å²) in [6.07, 6.45) is 0. The second-order valence-corrected chi connectivity index (χ2v) is 17.5. The summed E-state index contributed by atoms with van der Waals surface area (Å²) in [5.74, 6) is 0. The summed E-state index contributed by atoms with van der Waals surface area (Å²) in [5.41, 5.74) is 20.3. The molecular formula is C57H37NS. The maximum atomic E-state index is 2.50. The molecule has 0 amide bonds. The van der Waals surface area contributed by atoms with E-state index in [4.69, 9.17) is 0 Å². The topological polar surface area (TPSA) is 3.24 Å². The van der Waals surface area contributed by atoms with E-state index in [0.29, 0.717) is 0 Å². The third kappa shape index (κ3) is 4.24. The number of hydrogen-bond acceptors (Lipinski definition) is 2. The van der Waals surface area contributed by atoms with Crippen molar-refractivity contribution >= 4 is 48.6 Å². The van der Waals surface area contributed by atoms with Crippen molar-refractivity contribution in [3.63, 3.8) is 0 Å². The van der Waals surface area contributed by atoms with Crippen LogP contribution in [0.4, 0.5) is 17.1 Å². The molecule has 0 atom stereocenters. The van der Waals surface area contributed by atoms with Gasteiger partial charge in [0, 0.05) is 32.3 Å². The van der Waals surface area contributed by atoms with Gasteiger partial charge in [-0.2, -0.15) is 0 Å². The molecule has 0 saturated heterocycles. The summed E-state index contributed by atoms with van der Waals surface area (Å²) in [6.45, 7) is 2.41. The van der Waals surface area contributed by atoms with Gasteiger partial charge in [0.05, 0.1) is 15.8 Å². The van der Waals surface area contributed by atoms with Crippen LogP contribution in [0.3, 0.4) is 0 Å². The molecule has 9 aromatic carbocycles. The predicted octanol–water partition coefficient (Wildman–Crippen LogP) is 15.2. The lowest BCUT2D eigenvalue weighted by Gasteiger charge is -2.32. The van der Waals surface area contributed by atoms with Gasteiger partial charge in [-0.1, -0.05) is 170 Å². The fourth-order valence-corrected chi connectivity index (χ4v) is 12.5. The monoisotopic (exact) mass is 767 g/mol. The van der Waals surface area contributed by atoms with E-state index < -0.39 is 5.41 Å². The van der Waals surface area contributed by atoms with Crippen LogP contribution in [0.15, 0.2) is 206 Å². The van der Waals surface area contributed by atoms with Crippen LogP contribution in [0.1, 0.15) is 45.9 Å². The summed E-state index contributed by atoms with van der Waals surface area (Å²) in [6, 6.07) is 77.4. The van der Waals surface area contributed by atoms with E-state index in [-0.39, 0.29) is 5.41 Å². The van der Waals surface area contributed by atoms with Crippen LogP contribution in [0.25, 0.3) is 53.6 Å². The van der Waals surface area contributed by atoms with E-state index in [2.05, 4.69) is 218 Å². The Labute approximate surface area is 348 Å². The van der Waals surface area contributed by atoms with Crippen molar-refractivity contribution in [1.29, 1.82) is 0 Å². The number of fused-ring (bicyclic) bond motifs is 16. The molecule has 3 aliphatic carbocycles. The van der Waals surface area contributed by atoms with Crippen LogP contribution < -0.4 is 4.90 Å². The van der Waals surface area contributed by atoms with Crippen LogP contribution in [0.2, 0.25) is 0 Å². The van der Waals surface area contributed by atoms with Gasteiger partial charge < -0.3 is 4.90 Å². The Bertz CT molecular complexity index is 3260. The molecule has 10 aromatic rings. The first kappa shape index (κ1) is 33.0. The highest BCUT2D eigenvalue weighted by molar-refractivity contribution is 7.26. The molecule has 1 nitrogen and oxygen atoms in total. The number of anilines is 3. The molecule has 0 aliphatic heterocycles. The van der Waals surface area contributed by atoms with E-state index in [9.17, 15) is 0 Å². The number of thiophene rings is 1. The highest BCUT2D eigenvalue weighted by Crippen LogP contribution is 2.63. The fraction of sp³-hybridized carbons (Fsp3) is 0.0526. The van der Waals surface area contributed by atoms with Gasteiger partial charge in [-0.05, 0) is 116 Å². The second-order valence-electron chi connectivity index (χ2n) is 16.5. The molecule has 1 aromatic heterocycles. The molecule has 0 radical (unpaired) electrons. The van der Waals surface area contributed by atoms with Crippen LogP contribution in [0, 0.1) is 0 Å². The fourth-order valence-electron chi connectivity index (χ4n) is 11.3. The first-order chi connectivity index (χ1) is 29.2. The maximum Gasteiger partial charge on any atom is 0.0726 e. The van der Waals surface area contributed by atoms with E-state index in [1.165, 1.54) is 98.2 Å². The van der Waals surface area contributed by atoms with Gasteiger partial charge in [-0.15, -0.1) is 11.3 Å². The summed E-state index contributed by atoms with van der Waals surface area (Å²) >= 11 is 1.91. The smallest absolute Gasteiger partial charge is 0.0726 e. The molecule has 0 saturated carbocycles. The van der Waals surface area contributed by atoms with Crippen molar-refractivity contribution in [2.75, 3.05) is 4.90 Å². The Kier molecular flexibility index (Phi) is 6.73. The van der Waals surface area contributed by atoms with Gasteiger partial charge in [-0.25, -0.2) is 0 Å². The number of hydrogen-bond donors (Lipinski definition) is 0. The zero-order valence-corrected chi connectivity index (χ0v) is 33.3.